The van der Waals surface area contributed by atoms with E-state index in [1.54, 1.807) is 32.2 Å². The number of amides is 2. The molecule has 2 aliphatic rings. The molecule has 40 heavy (non-hydrogen) atoms. The Hall–Kier alpha value is -4.54. The molecular weight excluding hydrogens is 525 g/mol. The maximum absolute atomic E-state index is 15.1. The molecule has 8 nitrogen and oxygen atoms in total. The Morgan fingerprint density at radius 2 is 1.75 bits per heavy atom. The smallest absolute Gasteiger partial charge is 0.240 e. The van der Waals surface area contributed by atoms with Crippen molar-refractivity contribution >= 4 is 34.1 Å². The molecule has 1 fully saturated rings. The van der Waals surface area contributed by atoms with E-state index in [1.807, 2.05) is 0 Å². The van der Waals surface area contributed by atoms with Gasteiger partial charge in [-0.05, 0) is 43.2 Å². The predicted octanol–water partition coefficient (Wildman–Crippen LogP) is 5.62. The van der Waals surface area contributed by atoms with Gasteiger partial charge >= 0.3 is 0 Å². The van der Waals surface area contributed by atoms with E-state index in [2.05, 4.69) is 20.9 Å². The van der Waals surface area contributed by atoms with Gasteiger partial charge in [0.25, 0.3) is 0 Å². The Labute approximate surface area is 228 Å². The summed E-state index contributed by atoms with van der Waals surface area (Å²) >= 11 is 0. The highest BCUT2D eigenvalue weighted by atomic mass is 19.1. The molecule has 3 aromatic rings. The number of rotatable bonds is 8. The van der Waals surface area contributed by atoms with Gasteiger partial charge in [0, 0.05) is 42.4 Å². The molecule has 1 aromatic heterocycles. The third-order valence-electron chi connectivity index (χ3n) is 7.06. The Bertz CT molecular complexity index is 1570. The van der Waals surface area contributed by atoms with Gasteiger partial charge in [0.15, 0.2) is 17.4 Å². The lowest BCUT2D eigenvalue weighted by molar-refractivity contribution is -0.133. The minimum Gasteiger partial charge on any atom is -0.495 e. The summed E-state index contributed by atoms with van der Waals surface area (Å²) in [5.41, 5.74) is -0.246. The first-order valence-electron chi connectivity index (χ1n) is 12.6. The fraction of sp³-hybridized carbons (Fsp3) is 0.276. The van der Waals surface area contributed by atoms with E-state index in [4.69, 9.17) is 9.47 Å². The van der Waals surface area contributed by atoms with E-state index in [0.717, 1.165) is 12.1 Å². The normalized spacial score (nSPS) is 19.0. The highest BCUT2D eigenvalue weighted by Gasteiger charge is 2.56. The topological polar surface area (TPSA) is 102 Å². The van der Waals surface area contributed by atoms with E-state index in [-0.39, 0.29) is 18.6 Å². The number of halogens is 3. The van der Waals surface area contributed by atoms with Crippen molar-refractivity contribution < 1.29 is 32.2 Å². The van der Waals surface area contributed by atoms with E-state index < -0.39 is 52.4 Å². The molecule has 2 aromatic carbocycles. The van der Waals surface area contributed by atoms with Crippen LogP contribution in [0.4, 0.5) is 24.5 Å². The monoisotopic (exact) mass is 552 g/mol. The SMILES string of the molecule is CNc1cc2nccc(Oc3cc(F)c(NC(=O)C4(C(=O)NC5=C[C@H](C)C(F)C=C5)CC4)cc3F)c2cc1OC. The second-order valence-corrected chi connectivity index (χ2v) is 9.77. The summed E-state index contributed by atoms with van der Waals surface area (Å²) in [6.45, 7) is 1.66. The van der Waals surface area contributed by atoms with Crippen molar-refractivity contribution in [1.82, 2.24) is 10.3 Å². The average molecular weight is 553 g/mol. The van der Waals surface area contributed by atoms with Gasteiger partial charge in [-0.3, -0.25) is 14.6 Å². The van der Waals surface area contributed by atoms with E-state index in [1.165, 1.54) is 31.5 Å². The maximum atomic E-state index is 15.1. The van der Waals surface area contributed by atoms with Crippen molar-refractivity contribution in [2.45, 2.75) is 25.9 Å². The Balaban J connectivity index is 1.33. The number of alkyl halides is 1. The summed E-state index contributed by atoms with van der Waals surface area (Å²) < 4.78 is 54.8. The molecule has 0 aliphatic heterocycles. The van der Waals surface area contributed by atoms with Gasteiger partial charge in [0.1, 0.15) is 23.1 Å². The van der Waals surface area contributed by atoms with Crippen LogP contribution in [0.15, 0.2) is 60.5 Å². The Morgan fingerprint density at radius 3 is 2.42 bits per heavy atom. The molecule has 1 heterocycles. The number of fused-ring (bicyclic) bond motifs is 1. The molecule has 1 unspecified atom stereocenters. The summed E-state index contributed by atoms with van der Waals surface area (Å²) in [4.78, 5) is 30.1. The zero-order valence-electron chi connectivity index (χ0n) is 22.0. The number of carbonyl (C=O) groups excluding carboxylic acids is 2. The number of carbonyl (C=O) groups is 2. The summed E-state index contributed by atoms with van der Waals surface area (Å²) in [5.74, 6) is -3.34. The van der Waals surface area contributed by atoms with Gasteiger partial charge in [-0.15, -0.1) is 0 Å². The number of methoxy groups -OCH3 is 1. The van der Waals surface area contributed by atoms with Gasteiger partial charge < -0.3 is 25.4 Å². The van der Waals surface area contributed by atoms with Crippen molar-refractivity contribution in [3.05, 3.63) is 72.1 Å². The van der Waals surface area contributed by atoms with Crippen LogP contribution in [0.5, 0.6) is 17.2 Å². The second kappa shape index (κ2) is 10.6. The number of nitrogens with one attached hydrogen (secondary N) is 3. The van der Waals surface area contributed by atoms with Crippen molar-refractivity contribution in [1.29, 1.82) is 0 Å². The maximum Gasteiger partial charge on any atom is 0.240 e. The van der Waals surface area contributed by atoms with Crippen LogP contribution in [0.25, 0.3) is 10.9 Å². The molecule has 5 rings (SSSR count). The first-order valence-corrected chi connectivity index (χ1v) is 12.6. The summed E-state index contributed by atoms with van der Waals surface area (Å²) in [7, 11) is 3.23. The summed E-state index contributed by atoms with van der Waals surface area (Å²) in [6, 6.07) is 6.54. The number of hydrogen-bond donors (Lipinski definition) is 3. The highest BCUT2D eigenvalue weighted by molar-refractivity contribution is 6.13. The van der Waals surface area contributed by atoms with Crippen LogP contribution < -0.4 is 25.4 Å². The molecule has 3 N–H and O–H groups in total. The lowest BCUT2D eigenvalue weighted by Gasteiger charge is -2.20. The van der Waals surface area contributed by atoms with Crippen molar-refractivity contribution in [2.75, 3.05) is 24.8 Å². The number of hydrogen-bond acceptors (Lipinski definition) is 6. The fourth-order valence-electron chi connectivity index (χ4n) is 4.48. The number of aromatic nitrogens is 1. The predicted molar refractivity (Wildman–Crippen MR) is 144 cm³/mol. The zero-order valence-corrected chi connectivity index (χ0v) is 22.0. The lowest BCUT2D eigenvalue weighted by atomic mass is 9.98. The first-order chi connectivity index (χ1) is 19.1. The second-order valence-electron chi connectivity index (χ2n) is 9.77. The quantitative estimate of drug-likeness (QED) is 0.314. The number of nitrogens with zero attached hydrogens (tertiary/aromatic N) is 1. The average Bonchev–Trinajstić information content (AvgIpc) is 3.75. The van der Waals surface area contributed by atoms with Gasteiger partial charge in [-0.1, -0.05) is 13.0 Å². The van der Waals surface area contributed by atoms with Gasteiger partial charge in [0.2, 0.25) is 11.8 Å². The van der Waals surface area contributed by atoms with Crippen LogP contribution in [0.2, 0.25) is 0 Å². The zero-order chi connectivity index (χ0) is 28.6. The molecule has 0 bridgehead atoms. The largest absolute Gasteiger partial charge is 0.495 e. The number of pyridine rings is 1. The molecule has 0 spiro atoms. The number of allylic oxidation sites excluding steroid dienone is 3. The molecule has 0 radical (unpaired) electrons. The van der Waals surface area contributed by atoms with E-state index in [0.29, 0.717) is 28.0 Å². The van der Waals surface area contributed by atoms with Gasteiger partial charge in [-0.25, -0.2) is 13.2 Å². The molecule has 0 saturated heterocycles. The summed E-state index contributed by atoms with van der Waals surface area (Å²) in [6.07, 6.45) is 5.12. The van der Waals surface area contributed by atoms with Crippen LogP contribution in [0.3, 0.4) is 0 Å². The van der Waals surface area contributed by atoms with Gasteiger partial charge in [-0.2, -0.15) is 0 Å². The third kappa shape index (κ3) is 5.06. The van der Waals surface area contributed by atoms with Crippen LogP contribution in [0, 0.1) is 23.0 Å². The van der Waals surface area contributed by atoms with Crippen LogP contribution >= 0.6 is 0 Å². The highest BCUT2D eigenvalue weighted by Crippen LogP contribution is 2.47. The Morgan fingerprint density at radius 1 is 1.00 bits per heavy atom. The number of benzene rings is 2. The first kappa shape index (κ1) is 27.0. The molecule has 11 heteroatoms. The third-order valence-corrected chi connectivity index (χ3v) is 7.06. The molecule has 1 saturated carbocycles. The number of anilines is 2. The number of ether oxygens (including phenoxy) is 2. The van der Waals surface area contributed by atoms with Crippen LogP contribution in [0.1, 0.15) is 19.8 Å². The molecular formula is C29H27F3N4O4. The molecule has 2 atom stereocenters. The minimum atomic E-state index is -1.43. The lowest BCUT2D eigenvalue weighted by Crippen LogP contribution is -2.40. The minimum absolute atomic E-state index is 0.217. The molecule has 2 amide bonds. The van der Waals surface area contributed by atoms with Crippen molar-refractivity contribution in [3.8, 4) is 17.2 Å². The van der Waals surface area contributed by atoms with Crippen molar-refractivity contribution in [2.24, 2.45) is 11.3 Å². The molecule has 2 aliphatic carbocycles. The van der Waals surface area contributed by atoms with Crippen LogP contribution in [-0.2, 0) is 9.59 Å². The van der Waals surface area contributed by atoms with Crippen molar-refractivity contribution in [3.63, 3.8) is 0 Å². The van der Waals surface area contributed by atoms with E-state index >= 15 is 8.78 Å². The van der Waals surface area contributed by atoms with E-state index in [9.17, 15) is 14.0 Å². The van der Waals surface area contributed by atoms with Gasteiger partial charge in [0.05, 0.1) is 24.0 Å². The summed E-state index contributed by atoms with van der Waals surface area (Å²) in [5, 5.41) is 8.48. The fourth-order valence-corrected chi connectivity index (χ4v) is 4.48. The standard InChI is InChI=1S/C29H27F3N4O4/c1-15-10-16(4-5-18(15)30)35-27(37)29(7-8-29)28(38)36-22-12-20(32)25(13-19(22)31)40-24-6-9-34-21-14-23(33-2)26(39-3)11-17(21)24/h4-6,9-15,18,33H,7-8H2,1-3H3,(H,35,37)(H,36,38)/t15-,18?/m0/s1. The molecule has 208 valence electrons. The Kier molecular flexibility index (Phi) is 7.14. The van der Waals surface area contributed by atoms with Crippen LogP contribution in [-0.4, -0.2) is 37.1 Å².